The molecule has 0 fully saturated rings. The highest BCUT2D eigenvalue weighted by molar-refractivity contribution is 7.46. The minimum atomic E-state index is -5.02. The Morgan fingerprint density at radius 2 is 1.32 bits per heavy atom. The fourth-order valence-electron chi connectivity index (χ4n) is 1.84. The number of carbonyl (C=O) groups excluding carboxylic acids is 2. The van der Waals surface area contributed by atoms with Crippen LogP contribution in [0.5, 0.6) is 0 Å². The van der Waals surface area contributed by atoms with E-state index in [9.17, 15) is 19.3 Å². The molecule has 4 atom stereocenters. The summed E-state index contributed by atoms with van der Waals surface area (Å²) in [7, 11) is -5.02. The average molecular weight is 432 g/mol. The van der Waals surface area contributed by atoms with E-state index in [0.29, 0.717) is 0 Å². The number of aliphatic hydroxyl groups is 7. The molecule has 0 saturated carbocycles. The first kappa shape index (κ1) is 23.6. The van der Waals surface area contributed by atoms with Gasteiger partial charge in [0, 0.05) is 0 Å². The first-order chi connectivity index (χ1) is 12.8. The van der Waals surface area contributed by atoms with Gasteiger partial charge in [0.05, 0.1) is 13.2 Å². The molecule has 2 aliphatic rings. The number of hydrogen-bond acceptors (Lipinski definition) is 13. The van der Waals surface area contributed by atoms with Gasteiger partial charge < -0.3 is 49.7 Å². The van der Waals surface area contributed by atoms with E-state index in [2.05, 4.69) is 14.0 Å². The molecule has 0 aromatic carbocycles. The molecule has 2 aliphatic heterocycles. The number of aliphatic hydroxyl groups excluding tert-OH is 7. The van der Waals surface area contributed by atoms with Crippen molar-refractivity contribution >= 4 is 19.8 Å². The van der Waals surface area contributed by atoms with Crippen LogP contribution in [0.25, 0.3) is 0 Å². The monoisotopic (exact) mass is 432 g/mol. The van der Waals surface area contributed by atoms with Gasteiger partial charge in [-0.2, -0.15) is 0 Å². The maximum absolute atomic E-state index is 11.0. The van der Waals surface area contributed by atoms with Gasteiger partial charge in [0.15, 0.2) is 23.7 Å². The summed E-state index contributed by atoms with van der Waals surface area (Å²) in [5, 5.41) is 62.0. The molecule has 15 nitrogen and oxygen atoms in total. The Bertz CT molecular complexity index is 721. The van der Waals surface area contributed by atoms with Crippen LogP contribution in [0.4, 0.5) is 0 Å². The van der Waals surface area contributed by atoms with Gasteiger partial charge in [-0.1, -0.05) is 0 Å². The van der Waals surface area contributed by atoms with Gasteiger partial charge in [-0.25, -0.2) is 14.2 Å². The molecule has 0 aliphatic carbocycles. The SMILES string of the molecule is O=C1O[C@H]([C@@H](O)CO)C(O)=C1O.O=C1O[C@H]([C@@H](O)CO)C(O)=C1OP(=O)(O)O. The fraction of sp³-hybridized carbons (Fsp3) is 0.500. The third-order valence-corrected chi connectivity index (χ3v) is 3.56. The van der Waals surface area contributed by atoms with Crippen molar-refractivity contribution in [3.05, 3.63) is 23.0 Å². The van der Waals surface area contributed by atoms with E-state index < -0.39 is 80.4 Å². The van der Waals surface area contributed by atoms with Crippen LogP contribution in [0, 0.1) is 0 Å². The summed E-state index contributed by atoms with van der Waals surface area (Å²) < 4.78 is 23.0. The molecule has 0 unspecified atom stereocenters. The highest BCUT2D eigenvalue weighted by atomic mass is 31.2. The third-order valence-electron chi connectivity index (χ3n) is 3.14. The number of esters is 2. The Labute approximate surface area is 155 Å². The lowest BCUT2D eigenvalue weighted by Crippen LogP contribution is -2.31. The smallest absolute Gasteiger partial charge is 0.505 e. The number of cyclic esters (lactones) is 2. The maximum Gasteiger partial charge on any atom is 0.525 e. The summed E-state index contributed by atoms with van der Waals surface area (Å²) in [4.78, 5) is 38.4. The van der Waals surface area contributed by atoms with Gasteiger partial charge in [0.2, 0.25) is 5.76 Å². The van der Waals surface area contributed by atoms with Crippen LogP contribution in [-0.2, 0) is 28.2 Å². The third kappa shape index (κ3) is 5.56. The van der Waals surface area contributed by atoms with E-state index in [1.807, 2.05) is 0 Å². The second-order valence-electron chi connectivity index (χ2n) is 5.18. The zero-order chi connectivity index (χ0) is 21.8. The van der Waals surface area contributed by atoms with Crippen molar-refractivity contribution in [2.24, 2.45) is 0 Å². The normalized spacial score (nSPS) is 24.4. The molecule has 0 radical (unpaired) electrons. The molecule has 0 amide bonds. The standard InChI is InChI=1S/C6H9O9P.C6H8O6/c7-1-2(8)4-3(9)5(6(10)14-4)15-16(11,12)13;7-1-2(8)5-3(9)4(10)6(11)12-5/h2,4,7-9H,1H2,(H2,11,12,13);2,5,7-10H,1H2/t2-,4+;2-,5+/m00/s1. The molecule has 0 bridgehead atoms. The molecule has 160 valence electrons. The van der Waals surface area contributed by atoms with Crippen molar-refractivity contribution in [2.75, 3.05) is 13.2 Å². The zero-order valence-electron chi connectivity index (χ0n) is 13.6. The van der Waals surface area contributed by atoms with E-state index in [4.69, 9.17) is 40.4 Å². The van der Waals surface area contributed by atoms with Crippen molar-refractivity contribution in [2.45, 2.75) is 24.4 Å². The fourth-order valence-corrected chi connectivity index (χ4v) is 2.25. The van der Waals surface area contributed by atoms with E-state index >= 15 is 0 Å². The predicted octanol–water partition coefficient (Wildman–Crippen LogP) is -3.26. The van der Waals surface area contributed by atoms with Crippen molar-refractivity contribution in [3.63, 3.8) is 0 Å². The summed E-state index contributed by atoms with van der Waals surface area (Å²) in [6.45, 7) is -1.49. The number of phosphoric acid groups is 1. The Kier molecular flexibility index (Phi) is 7.77. The van der Waals surface area contributed by atoms with Gasteiger partial charge >= 0.3 is 19.8 Å². The molecule has 9 N–H and O–H groups in total. The minimum Gasteiger partial charge on any atom is -0.505 e. The van der Waals surface area contributed by atoms with Crippen molar-refractivity contribution in [1.82, 2.24) is 0 Å². The lowest BCUT2D eigenvalue weighted by molar-refractivity contribution is -0.148. The number of phosphoric ester groups is 1. The van der Waals surface area contributed by atoms with Crippen molar-refractivity contribution in [3.8, 4) is 0 Å². The Morgan fingerprint density at radius 3 is 1.68 bits per heavy atom. The Hall–Kier alpha value is -2.39. The molecular weight excluding hydrogens is 415 g/mol. The van der Waals surface area contributed by atoms with Crippen molar-refractivity contribution in [1.29, 1.82) is 0 Å². The van der Waals surface area contributed by atoms with Gasteiger partial charge in [-0.15, -0.1) is 0 Å². The van der Waals surface area contributed by atoms with Crippen LogP contribution in [0.1, 0.15) is 0 Å². The maximum atomic E-state index is 11.0. The lowest BCUT2D eigenvalue weighted by Gasteiger charge is -2.13. The molecular formula is C12H17O15P. The summed E-state index contributed by atoms with van der Waals surface area (Å²) in [6.07, 6.45) is -5.98. The molecule has 0 saturated heterocycles. The van der Waals surface area contributed by atoms with Gasteiger partial charge in [0.1, 0.15) is 12.2 Å². The first-order valence-corrected chi connectivity index (χ1v) is 8.67. The zero-order valence-corrected chi connectivity index (χ0v) is 14.5. The number of rotatable bonds is 6. The van der Waals surface area contributed by atoms with Crippen LogP contribution < -0.4 is 0 Å². The number of carbonyl (C=O) groups is 2. The molecule has 0 aromatic heterocycles. The lowest BCUT2D eigenvalue weighted by atomic mass is 10.2. The van der Waals surface area contributed by atoms with Crippen LogP contribution in [0.15, 0.2) is 23.0 Å². The van der Waals surface area contributed by atoms with E-state index in [0.717, 1.165) is 0 Å². The molecule has 28 heavy (non-hydrogen) atoms. The summed E-state index contributed by atoms with van der Waals surface area (Å²) in [5.74, 6) is -6.17. The minimum absolute atomic E-state index is 0.671. The molecule has 2 heterocycles. The predicted molar refractivity (Wildman–Crippen MR) is 81.0 cm³/mol. The van der Waals surface area contributed by atoms with Crippen LogP contribution in [-0.4, -0.2) is 95.1 Å². The van der Waals surface area contributed by atoms with Crippen molar-refractivity contribution < 1.29 is 73.7 Å². The molecule has 16 heteroatoms. The summed E-state index contributed by atoms with van der Waals surface area (Å²) in [5.41, 5.74) is 0. The highest BCUT2D eigenvalue weighted by Crippen LogP contribution is 2.42. The summed E-state index contributed by atoms with van der Waals surface area (Å²) in [6, 6.07) is 0. The van der Waals surface area contributed by atoms with Crippen LogP contribution >= 0.6 is 7.82 Å². The largest absolute Gasteiger partial charge is 0.525 e. The molecule has 2 rings (SSSR count). The van der Waals surface area contributed by atoms with E-state index in [1.54, 1.807) is 0 Å². The molecule has 0 spiro atoms. The van der Waals surface area contributed by atoms with Crippen LogP contribution in [0.2, 0.25) is 0 Å². The quantitative estimate of drug-likeness (QED) is 0.147. The van der Waals surface area contributed by atoms with Gasteiger partial charge in [0.25, 0.3) is 5.76 Å². The second kappa shape index (κ2) is 9.20. The molecule has 0 aromatic rings. The number of hydrogen-bond donors (Lipinski definition) is 9. The second-order valence-corrected chi connectivity index (χ2v) is 6.35. The topological polar surface area (TPSA) is 261 Å². The van der Waals surface area contributed by atoms with Gasteiger partial charge in [-0.3, -0.25) is 9.79 Å². The van der Waals surface area contributed by atoms with E-state index in [-0.39, 0.29) is 0 Å². The highest BCUT2D eigenvalue weighted by Gasteiger charge is 2.43. The van der Waals surface area contributed by atoms with Crippen LogP contribution in [0.3, 0.4) is 0 Å². The average Bonchev–Trinajstić information content (AvgIpc) is 3.04. The van der Waals surface area contributed by atoms with Gasteiger partial charge in [-0.05, 0) is 0 Å². The first-order valence-electron chi connectivity index (χ1n) is 7.14. The Morgan fingerprint density at radius 1 is 0.893 bits per heavy atom. The number of ether oxygens (including phenoxy) is 2. The Balaban J connectivity index is 0.000000292. The summed E-state index contributed by atoms with van der Waals surface area (Å²) >= 11 is 0. The van der Waals surface area contributed by atoms with E-state index in [1.165, 1.54) is 0 Å².